The minimum Gasteiger partial charge on any atom is -0.481 e. The number of carbonyl (C=O) groups is 1. The third-order valence-electron chi connectivity index (χ3n) is 3.32. The van der Waals surface area contributed by atoms with E-state index in [0.717, 1.165) is 0 Å². The van der Waals surface area contributed by atoms with E-state index < -0.39 is 11.9 Å². The van der Waals surface area contributed by atoms with E-state index in [1.165, 1.54) is 0 Å². The molecule has 1 aliphatic heterocycles. The predicted octanol–water partition coefficient (Wildman–Crippen LogP) is 1.75. The van der Waals surface area contributed by atoms with Crippen LogP contribution in [0.5, 0.6) is 0 Å². The molecule has 1 aromatic carbocycles. The predicted molar refractivity (Wildman–Crippen MR) is 70.3 cm³/mol. The number of aliphatic carboxylic acids is 1. The zero-order chi connectivity index (χ0) is 14.0. The number of ether oxygens (including phenoxy) is 1. The van der Waals surface area contributed by atoms with Crippen molar-refractivity contribution in [2.75, 3.05) is 25.2 Å². The van der Waals surface area contributed by atoms with E-state index in [9.17, 15) is 4.79 Å². The van der Waals surface area contributed by atoms with Gasteiger partial charge in [-0.3, -0.25) is 4.79 Å². The Balaban J connectivity index is 2.27. The molecule has 1 heterocycles. The molecule has 19 heavy (non-hydrogen) atoms. The van der Waals surface area contributed by atoms with Crippen LogP contribution < -0.4 is 4.90 Å². The lowest BCUT2D eigenvalue weighted by Gasteiger charge is -2.29. The number of rotatable bonds is 3. The molecular weight excluding hydrogens is 268 g/mol. The van der Waals surface area contributed by atoms with Gasteiger partial charge in [0.05, 0.1) is 41.6 Å². The summed E-state index contributed by atoms with van der Waals surface area (Å²) in [6, 6.07) is 6.69. The highest BCUT2D eigenvalue weighted by Crippen LogP contribution is 2.30. The molecule has 2 rings (SSSR count). The van der Waals surface area contributed by atoms with Gasteiger partial charge < -0.3 is 14.7 Å². The molecule has 0 radical (unpaired) electrons. The van der Waals surface area contributed by atoms with Gasteiger partial charge in [-0.25, -0.2) is 0 Å². The Labute approximate surface area is 116 Å². The second-order valence-corrected chi connectivity index (χ2v) is 4.85. The number of nitrogens with zero attached hydrogens (tertiary/aromatic N) is 2. The molecule has 2 unspecified atom stereocenters. The summed E-state index contributed by atoms with van der Waals surface area (Å²) >= 11 is 6.13. The highest BCUT2D eigenvalue weighted by Gasteiger charge is 2.37. The summed E-state index contributed by atoms with van der Waals surface area (Å²) < 4.78 is 5.24. The van der Waals surface area contributed by atoms with Gasteiger partial charge >= 0.3 is 5.97 Å². The van der Waals surface area contributed by atoms with Crippen LogP contribution in [0.1, 0.15) is 5.56 Å². The van der Waals surface area contributed by atoms with Gasteiger partial charge in [-0.15, -0.1) is 0 Å². The fourth-order valence-electron chi connectivity index (χ4n) is 2.20. The first-order valence-electron chi connectivity index (χ1n) is 5.77. The third kappa shape index (κ3) is 2.65. The van der Waals surface area contributed by atoms with Crippen molar-refractivity contribution >= 4 is 23.3 Å². The fourth-order valence-corrected chi connectivity index (χ4v) is 2.52. The van der Waals surface area contributed by atoms with Gasteiger partial charge in [0.1, 0.15) is 5.92 Å². The van der Waals surface area contributed by atoms with Gasteiger partial charge in [-0.1, -0.05) is 11.6 Å². The van der Waals surface area contributed by atoms with Crippen LogP contribution in [0.25, 0.3) is 0 Å². The van der Waals surface area contributed by atoms with Crippen LogP contribution in [0.3, 0.4) is 0 Å². The van der Waals surface area contributed by atoms with Crippen molar-refractivity contribution in [3.63, 3.8) is 0 Å². The molecule has 0 aliphatic carbocycles. The van der Waals surface area contributed by atoms with Crippen LogP contribution in [0.2, 0.25) is 5.02 Å². The number of halogens is 1. The molecular formula is C13H13ClN2O3. The van der Waals surface area contributed by atoms with Crippen LogP contribution in [0.4, 0.5) is 5.69 Å². The van der Waals surface area contributed by atoms with Crippen LogP contribution >= 0.6 is 11.6 Å². The highest BCUT2D eigenvalue weighted by atomic mass is 35.5. The number of carboxylic acids is 1. The van der Waals surface area contributed by atoms with E-state index in [1.54, 1.807) is 30.1 Å². The second kappa shape index (κ2) is 5.47. The van der Waals surface area contributed by atoms with Crippen molar-refractivity contribution in [2.24, 2.45) is 5.92 Å². The average molecular weight is 281 g/mol. The van der Waals surface area contributed by atoms with E-state index in [0.29, 0.717) is 22.9 Å². The van der Waals surface area contributed by atoms with E-state index in [2.05, 4.69) is 0 Å². The standard InChI is InChI=1S/C13H13ClN2O3/c1-16(12-7-19-6-9(12)13(17)18)11-3-2-8(5-15)4-10(11)14/h2-4,9,12H,6-7H2,1H3,(H,17,18). The molecule has 1 saturated heterocycles. The molecule has 0 saturated carbocycles. The van der Waals surface area contributed by atoms with Crippen molar-refractivity contribution in [1.82, 2.24) is 0 Å². The summed E-state index contributed by atoms with van der Waals surface area (Å²) in [6.45, 7) is 0.558. The van der Waals surface area contributed by atoms with Gasteiger partial charge in [-0.05, 0) is 18.2 Å². The molecule has 1 fully saturated rings. The summed E-state index contributed by atoms with van der Waals surface area (Å²) in [5, 5.41) is 18.4. The van der Waals surface area contributed by atoms with Crippen LogP contribution in [-0.2, 0) is 9.53 Å². The van der Waals surface area contributed by atoms with Crippen LogP contribution in [0, 0.1) is 17.2 Å². The topological polar surface area (TPSA) is 73.6 Å². The number of nitriles is 1. The molecule has 1 N–H and O–H groups in total. The zero-order valence-electron chi connectivity index (χ0n) is 10.3. The molecule has 5 nitrogen and oxygen atoms in total. The largest absolute Gasteiger partial charge is 0.481 e. The van der Waals surface area contributed by atoms with E-state index >= 15 is 0 Å². The van der Waals surface area contributed by atoms with Crippen molar-refractivity contribution in [3.05, 3.63) is 28.8 Å². The van der Waals surface area contributed by atoms with Crippen molar-refractivity contribution in [1.29, 1.82) is 5.26 Å². The van der Waals surface area contributed by atoms with Gasteiger partial charge in [0.25, 0.3) is 0 Å². The van der Waals surface area contributed by atoms with Gasteiger partial charge in [0.2, 0.25) is 0 Å². The minimum absolute atomic E-state index is 0.207. The number of benzene rings is 1. The smallest absolute Gasteiger partial charge is 0.311 e. The lowest BCUT2D eigenvalue weighted by molar-refractivity contribution is -0.141. The third-order valence-corrected chi connectivity index (χ3v) is 3.62. The summed E-state index contributed by atoms with van der Waals surface area (Å²) in [5.74, 6) is -1.45. The molecule has 1 aromatic rings. The Kier molecular flexibility index (Phi) is 3.93. The summed E-state index contributed by atoms with van der Waals surface area (Å²) in [4.78, 5) is 13.0. The van der Waals surface area contributed by atoms with Gasteiger partial charge in [0, 0.05) is 7.05 Å². The van der Waals surface area contributed by atoms with Crippen molar-refractivity contribution in [2.45, 2.75) is 6.04 Å². The first-order valence-corrected chi connectivity index (χ1v) is 6.15. The maximum atomic E-state index is 11.2. The zero-order valence-corrected chi connectivity index (χ0v) is 11.1. The van der Waals surface area contributed by atoms with Gasteiger partial charge in [0.15, 0.2) is 0 Å². The first-order chi connectivity index (χ1) is 9.04. The lowest BCUT2D eigenvalue weighted by Crippen LogP contribution is -2.41. The Morgan fingerprint density at radius 1 is 1.58 bits per heavy atom. The summed E-state index contributed by atoms with van der Waals surface area (Å²) in [7, 11) is 1.78. The van der Waals surface area contributed by atoms with Crippen LogP contribution in [-0.4, -0.2) is 37.4 Å². The lowest BCUT2D eigenvalue weighted by atomic mass is 10.0. The maximum Gasteiger partial charge on any atom is 0.311 e. The van der Waals surface area contributed by atoms with Crippen LogP contribution in [0.15, 0.2) is 18.2 Å². The van der Waals surface area contributed by atoms with Crippen molar-refractivity contribution < 1.29 is 14.6 Å². The number of hydrogen-bond donors (Lipinski definition) is 1. The Bertz CT molecular complexity index is 541. The number of hydrogen-bond acceptors (Lipinski definition) is 4. The van der Waals surface area contributed by atoms with Gasteiger partial charge in [-0.2, -0.15) is 5.26 Å². The monoisotopic (exact) mass is 280 g/mol. The number of carboxylic acid groups (broad SMARTS) is 1. The highest BCUT2D eigenvalue weighted by molar-refractivity contribution is 6.33. The molecule has 6 heteroatoms. The quantitative estimate of drug-likeness (QED) is 0.913. The van der Waals surface area contributed by atoms with E-state index in [-0.39, 0.29) is 12.6 Å². The van der Waals surface area contributed by atoms with E-state index in [1.807, 2.05) is 6.07 Å². The Morgan fingerprint density at radius 2 is 2.32 bits per heavy atom. The molecule has 0 spiro atoms. The number of anilines is 1. The molecule has 0 aromatic heterocycles. The summed E-state index contributed by atoms with van der Waals surface area (Å²) in [5.41, 5.74) is 1.17. The molecule has 0 amide bonds. The molecule has 100 valence electrons. The fraction of sp³-hybridized carbons (Fsp3) is 0.385. The van der Waals surface area contributed by atoms with Crippen molar-refractivity contribution in [3.8, 4) is 6.07 Å². The Hall–Kier alpha value is -1.77. The molecule has 0 bridgehead atoms. The minimum atomic E-state index is -0.876. The van der Waals surface area contributed by atoms with E-state index in [4.69, 9.17) is 26.7 Å². The SMILES string of the molecule is CN(c1ccc(C#N)cc1Cl)C1COCC1C(=O)O. The molecule has 1 aliphatic rings. The molecule has 2 atom stereocenters. The first kappa shape index (κ1) is 13.7. The number of likely N-dealkylation sites (N-methyl/N-ethyl adjacent to an activating group) is 1. The average Bonchev–Trinajstić information content (AvgIpc) is 2.87. The summed E-state index contributed by atoms with van der Waals surface area (Å²) in [6.07, 6.45) is 0. The Morgan fingerprint density at radius 3 is 2.89 bits per heavy atom. The second-order valence-electron chi connectivity index (χ2n) is 4.44. The normalized spacial score (nSPS) is 21.9. The maximum absolute atomic E-state index is 11.2.